The lowest BCUT2D eigenvalue weighted by atomic mass is 10.1. The first-order valence-corrected chi connectivity index (χ1v) is 6.68. The Hall–Kier alpha value is -2.56. The first kappa shape index (κ1) is 13.4. The first-order chi connectivity index (χ1) is 9.97. The zero-order valence-electron chi connectivity index (χ0n) is 11.5. The summed E-state index contributed by atoms with van der Waals surface area (Å²) in [6.45, 7) is 1.93. The molecule has 2 aromatic carbocycles. The number of amides is 1. The molecule has 3 rings (SSSR count). The van der Waals surface area contributed by atoms with Crippen LogP contribution in [0.4, 0.5) is 15.8 Å². The maximum Gasteiger partial charge on any atom is 0.262 e. The van der Waals surface area contributed by atoms with Crippen molar-refractivity contribution in [2.24, 2.45) is 0 Å². The molecule has 1 amide bonds. The lowest BCUT2D eigenvalue weighted by Crippen LogP contribution is -2.35. The van der Waals surface area contributed by atoms with Gasteiger partial charge < -0.3 is 15.7 Å². The van der Waals surface area contributed by atoms with Gasteiger partial charge in [-0.25, -0.2) is 4.39 Å². The van der Waals surface area contributed by atoms with Gasteiger partial charge in [-0.15, -0.1) is 0 Å². The number of aromatic hydroxyl groups is 1. The van der Waals surface area contributed by atoms with Gasteiger partial charge in [0.1, 0.15) is 11.6 Å². The van der Waals surface area contributed by atoms with Crippen molar-refractivity contribution in [3.8, 4) is 5.75 Å². The highest BCUT2D eigenvalue weighted by Gasteiger charge is 2.32. The quantitative estimate of drug-likeness (QED) is 0.792. The van der Waals surface area contributed by atoms with Gasteiger partial charge in [0.25, 0.3) is 5.91 Å². The van der Waals surface area contributed by atoms with Crippen LogP contribution >= 0.6 is 0 Å². The van der Waals surface area contributed by atoms with Crippen LogP contribution in [0.3, 0.4) is 0 Å². The van der Waals surface area contributed by atoms with Gasteiger partial charge in [-0.05, 0) is 49.2 Å². The van der Waals surface area contributed by atoms with E-state index >= 15 is 0 Å². The average molecular weight is 286 g/mol. The molecule has 0 saturated carbocycles. The zero-order chi connectivity index (χ0) is 15.1. The molecule has 0 saturated heterocycles. The van der Waals surface area contributed by atoms with Crippen molar-refractivity contribution in [3.63, 3.8) is 0 Å². The molecular weight excluding hydrogens is 271 g/mol. The third-order valence-corrected chi connectivity index (χ3v) is 3.73. The molecule has 1 atom stereocenters. The minimum absolute atomic E-state index is 0.0428. The highest BCUT2D eigenvalue weighted by atomic mass is 19.1. The molecule has 5 heteroatoms. The van der Waals surface area contributed by atoms with Gasteiger partial charge in [0.2, 0.25) is 0 Å². The number of nitrogen functional groups attached to an aromatic ring is 1. The highest BCUT2D eigenvalue weighted by Crippen LogP contribution is 2.35. The van der Waals surface area contributed by atoms with Crippen molar-refractivity contribution in [1.29, 1.82) is 0 Å². The van der Waals surface area contributed by atoms with E-state index in [2.05, 4.69) is 0 Å². The lowest BCUT2D eigenvalue weighted by Gasteiger charge is -2.23. The smallest absolute Gasteiger partial charge is 0.262 e. The fraction of sp³-hybridized carbons (Fsp3) is 0.188. The van der Waals surface area contributed by atoms with E-state index in [0.29, 0.717) is 12.1 Å². The van der Waals surface area contributed by atoms with E-state index in [1.54, 1.807) is 17.0 Å². The summed E-state index contributed by atoms with van der Waals surface area (Å²) in [5.74, 6) is -1.27. The molecule has 0 aliphatic carbocycles. The number of carbonyl (C=O) groups excluding carboxylic acids is 1. The molecule has 2 aromatic rings. The maximum atomic E-state index is 13.0. The van der Waals surface area contributed by atoms with Crippen LogP contribution in [0.1, 0.15) is 22.8 Å². The number of phenolic OH excluding ortho intramolecular Hbond substituents is 1. The summed E-state index contributed by atoms with van der Waals surface area (Å²) in [7, 11) is 0. The Morgan fingerprint density at radius 1 is 1.33 bits per heavy atom. The predicted octanol–water partition coefficient (Wildman–Crippen LogP) is 2.70. The second-order valence-electron chi connectivity index (χ2n) is 5.28. The number of carbonyl (C=O) groups is 1. The molecular formula is C16H15FN2O2. The van der Waals surface area contributed by atoms with Gasteiger partial charge in [-0.2, -0.15) is 0 Å². The third-order valence-electron chi connectivity index (χ3n) is 3.73. The summed E-state index contributed by atoms with van der Waals surface area (Å²) in [5.41, 5.74) is 8.29. The van der Waals surface area contributed by atoms with Crippen molar-refractivity contribution in [2.75, 3.05) is 10.6 Å². The largest absolute Gasteiger partial charge is 0.507 e. The van der Waals surface area contributed by atoms with Crippen molar-refractivity contribution in [1.82, 2.24) is 0 Å². The third kappa shape index (κ3) is 2.20. The number of nitrogens with two attached hydrogens (primary N) is 1. The highest BCUT2D eigenvalue weighted by molar-refractivity contribution is 6.09. The van der Waals surface area contributed by atoms with Crippen molar-refractivity contribution in [2.45, 2.75) is 19.4 Å². The summed E-state index contributed by atoms with van der Waals surface area (Å²) in [6.07, 6.45) is 0.702. The summed E-state index contributed by atoms with van der Waals surface area (Å²) in [4.78, 5) is 14.3. The molecule has 108 valence electrons. The number of phenols is 1. The van der Waals surface area contributed by atoms with Crippen molar-refractivity contribution >= 4 is 17.3 Å². The van der Waals surface area contributed by atoms with Crippen LogP contribution in [0.5, 0.6) is 5.75 Å². The number of hydrogen-bond acceptors (Lipinski definition) is 3. The van der Waals surface area contributed by atoms with Crippen LogP contribution in [0, 0.1) is 5.82 Å². The van der Waals surface area contributed by atoms with Gasteiger partial charge in [0.15, 0.2) is 0 Å². The second-order valence-corrected chi connectivity index (χ2v) is 5.28. The van der Waals surface area contributed by atoms with Gasteiger partial charge in [0, 0.05) is 23.5 Å². The number of hydrogen-bond donors (Lipinski definition) is 2. The topological polar surface area (TPSA) is 66.6 Å². The Morgan fingerprint density at radius 2 is 2.10 bits per heavy atom. The summed E-state index contributed by atoms with van der Waals surface area (Å²) in [5, 5.41) is 9.79. The Bertz CT molecular complexity index is 730. The monoisotopic (exact) mass is 286 g/mol. The Kier molecular flexibility index (Phi) is 3.05. The van der Waals surface area contributed by atoms with Crippen molar-refractivity contribution in [3.05, 3.63) is 53.3 Å². The molecule has 0 fully saturated rings. The second kappa shape index (κ2) is 4.77. The fourth-order valence-corrected chi connectivity index (χ4v) is 2.78. The number of halogens is 1. The molecule has 1 aliphatic heterocycles. The van der Waals surface area contributed by atoms with E-state index < -0.39 is 5.82 Å². The van der Waals surface area contributed by atoms with Gasteiger partial charge in [-0.1, -0.05) is 0 Å². The molecule has 1 heterocycles. The Labute approximate surface area is 121 Å². The number of fused-ring (bicyclic) bond motifs is 1. The Balaban J connectivity index is 2.03. The van der Waals surface area contributed by atoms with Crippen LogP contribution in [-0.4, -0.2) is 17.1 Å². The van der Waals surface area contributed by atoms with E-state index in [0.717, 1.165) is 23.4 Å². The number of anilines is 2. The standard InChI is InChI=1S/C16H15FN2O2/c1-9-6-10-7-12(18)3-5-14(10)19(9)16(21)13-4-2-11(17)8-15(13)20/h2-5,7-9,20H,6,18H2,1H3. The average Bonchev–Trinajstić information content (AvgIpc) is 2.73. The number of benzene rings is 2. The molecule has 21 heavy (non-hydrogen) atoms. The lowest BCUT2D eigenvalue weighted by molar-refractivity contribution is 0.0979. The summed E-state index contributed by atoms with van der Waals surface area (Å²) < 4.78 is 13.0. The molecule has 0 aromatic heterocycles. The summed E-state index contributed by atoms with van der Waals surface area (Å²) in [6, 6.07) is 8.75. The summed E-state index contributed by atoms with van der Waals surface area (Å²) >= 11 is 0. The van der Waals surface area contributed by atoms with Crippen LogP contribution in [0.25, 0.3) is 0 Å². The van der Waals surface area contributed by atoms with Gasteiger partial charge >= 0.3 is 0 Å². The SMILES string of the molecule is CC1Cc2cc(N)ccc2N1C(=O)c1ccc(F)cc1O. The number of nitrogens with zero attached hydrogens (tertiary/aromatic N) is 1. The molecule has 3 N–H and O–H groups in total. The molecule has 1 unspecified atom stereocenters. The van der Waals surface area contributed by atoms with E-state index in [9.17, 15) is 14.3 Å². The van der Waals surface area contributed by atoms with Crippen LogP contribution in [0.15, 0.2) is 36.4 Å². The predicted molar refractivity (Wildman–Crippen MR) is 78.9 cm³/mol. The van der Waals surface area contributed by atoms with Crippen LogP contribution < -0.4 is 10.6 Å². The minimum atomic E-state index is -0.577. The van der Waals surface area contributed by atoms with Crippen LogP contribution in [0.2, 0.25) is 0 Å². The number of rotatable bonds is 1. The fourth-order valence-electron chi connectivity index (χ4n) is 2.78. The van der Waals surface area contributed by atoms with Gasteiger partial charge in [0.05, 0.1) is 5.56 Å². The normalized spacial score (nSPS) is 16.9. The van der Waals surface area contributed by atoms with E-state index in [4.69, 9.17) is 5.73 Å². The van der Waals surface area contributed by atoms with E-state index in [-0.39, 0.29) is 23.3 Å². The molecule has 1 aliphatic rings. The maximum absolute atomic E-state index is 13.0. The van der Waals surface area contributed by atoms with E-state index in [1.165, 1.54) is 6.07 Å². The van der Waals surface area contributed by atoms with Gasteiger partial charge in [-0.3, -0.25) is 4.79 Å². The minimum Gasteiger partial charge on any atom is -0.507 e. The van der Waals surface area contributed by atoms with E-state index in [1.807, 2.05) is 13.0 Å². The Morgan fingerprint density at radius 3 is 2.81 bits per heavy atom. The van der Waals surface area contributed by atoms with Crippen LogP contribution in [-0.2, 0) is 6.42 Å². The first-order valence-electron chi connectivity index (χ1n) is 6.68. The molecule has 4 nitrogen and oxygen atoms in total. The zero-order valence-corrected chi connectivity index (χ0v) is 11.5. The van der Waals surface area contributed by atoms with Crippen molar-refractivity contribution < 1.29 is 14.3 Å². The molecule has 0 radical (unpaired) electrons. The molecule has 0 bridgehead atoms. The molecule has 0 spiro atoms.